The van der Waals surface area contributed by atoms with Gasteiger partial charge >= 0.3 is 6.03 Å². The molecule has 15 heteroatoms. The molecule has 0 bridgehead atoms. The molecule has 0 aliphatic heterocycles. The van der Waals surface area contributed by atoms with Crippen molar-refractivity contribution in [3.63, 3.8) is 0 Å². The van der Waals surface area contributed by atoms with Crippen LogP contribution in [0.1, 0.15) is 13.8 Å². The fraction of sp³-hybridized carbons (Fsp3) is 0.375. The summed E-state index contributed by atoms with van der Waals surface area (Å²) in [5.74, 6) is -0.387. The van der Waals surface area contributed by atoms with Gasteiger partial charge in [-0.15, -0.1) is 0 Å². The van der Waals surface area contributed by atoms with Crippen LogP contribution in [0.2, 0.25) is 0 Å². The number of urea groups is 1. The number of sulfonamides is 2. The average molecular weight is 475 g/mol. The number of anilines is 2. The molecule has 2 heterocycles. The third-order valence-electron chi connectivity index (χ3n) is 3.78. The standard InChI is InChI=1S/C16H22N6O7S2/c1-5-22(30(24,25)6-2)11-8-7-9-14(17-11)31(26,27)21-16(23)20-15-18-12(28-3)10-13(19-15)29-4/h7-10H,5-6H2,1-4H3,(H2,18,19,20,21,23). The monoisotopic (exact) mass is 474 g/mol. The van der Waals surface area contributed by atoms with E-state index in [1.165, 1.54) is 39.3 Å². The number of pyridine rings is 1. The zero-order valence-corrected chi connectivity index (χ0v) is 18.8. The largest absolute Gasteiger partial charge is 0.481 e. The number of carbonyl (C=O) groups excluding carboxylic acids is 1. The SMILES string of the molecule is CCN(c1cccc(S(=O)(=O)NC(=O)Nc2nc(OC)cc(OC)n2)n1)S(=O)(=O)CC. The highest BCUT2D eigenvalue weighted by molar-refractivity contribution is 7.92. The fourth-order valence-electron chi connectivity index (χ4n) is 2.32. The molecule has 0 radical (unpaired) electrons. The maximum Gasteiger partial charge on any atom is 0.335 e. The third-order valence-corrected chi connectivity index (χ3v) is 6.86. The van der Waals surface area contributed by atoms with E-state index in [-0.39, 0.29) is 35.8 Å². The van der Waals surface area contributed by atoms with E-state index in [4.69, 9.17) is 9.47 Å². The lowest BCUT2D eigenvalue weighted by Gasteiger charge is -2.21. The molecule has 0 unspecified atom stereocenters. The molecule has 0 saturated heterocycles. The second-order valence-electron chi connectivity index (χ2n) is 5.74. The molecule has 0 saturated carbocycles. The van der Waals surface area contributed by atoms with Crippen LogP contribution < -0.4 is 23.8 Å². The van der Waals surface area contributed by atoms with E-state index in [0.29, 0.717) is 0 Å². The Morgan fingerprint density at radius 1 is 1.03 bits per heavy atom. The van der Waals surface area contributed by atoms with Crippen molar-refractivity contribution in [2.24, 2.45) is 0 Å². The van der Waals surface area contributed by atoms with Crippen molar-refractivity contribution in [2.45, 2.75) is 18.9 Å². The second-order valence-corrected chi connectivity index (χ2v) is 9.55. The Bertz CT molecular complexity index is 1130. The summed E-state index contributed by atoms with van der Waals surface area (Å²) in [5, 5.41) is 1.61. The Kier molecular flexibility index (Phi) is 7.56. The number of carbonyl (C=O) groups is 1. The highest BCUT2D eigenvalue weighted by Crippen LogP contribution is 2.19. The molecule has 2 rings (SSSR count). The van der Waals surface area contributed by atoms with Crippen molar-refractivity contribution < 1.29 is 31.1 Å². The van der Waals surface area contributed by atoms with Gasteiger partial charge in [0, 0.05) is 6.54 Å². The summed E-state index contributed by atoms with van der Waals surface area (Å²) in [7, 11) is -5.43. The second kappa shape index (κ2) is 9.74. The fourth-order valence-corrected chi connectivity index (χ4v) is 4.28. The van der Waals surface area contributed by atoms with Gasteiger partial charge < -0.3 is 9.47 Å². The molecular formula is C16H22N6O7S2. The number of methoxy groups -OCH3 is 2. The summed E-state index contributed by atoms with van der Waals surface area (Å²) >= 11 is 0. The Labute approximate surface area is 179 Å². The number of hydrogen-bond donors (Lipinski definition) is 2. The molecule has 0 spiro atoms. The maximum atomic E-state index is 12.6. The number of aromatic nitrogens is 3. The minimum atomic E-state index is -4.44. The first-order valence-electron chi connectivity index (χ1n) is 8.84. The number of nitrogens with one attached hydrogen (secondary N) is 2. The number of hydrogen-bond acceptors (Lipinski definition) is 10. The summed E-state index contributed by atoms with van der Waals surface area (Å²) < 4.78 is 62.2. The molecule has 2 aromatic rings. The van der Waals surface area contributed by atoms with E-state index in [9.17, 15) is 21.6 Å². The first-order chi connectivity index (χ1) is 14.6. The summed E-state index contributed by atoms with van der Waals surface area (Å²) in [6.07, 6.45) is 0. The number of nitrogens with zero attached hydrogens (tertiary/aromatic N) is 4. The maximum absolute atomic E-state index is 12.6. The van der Waals surface area contributed by atoms with Gasteiger partial charge in [0.15, 0.2) is 5.03 Å². The summed E-state index contributed by atoms with van der Waals surface area (Å²) in [6, 6.07) is 3.98. The van der Waals surface area contributed by atoms with Crippen LogP contribution in [0.4, 0.5) is 16.6 Å². The van der Waals surface area contributed by atoms with Gasteiger partial charge in [-0.25, -0.2) is 22.9 Å². The normalized spacial score (nSPS) is 11.5. The zero-order valence-electron chi connectivity index (χ0n) is 17.2. The van der Waals surface area contributed by atoms with Gasteiger partial charge in [-0.05, 0) is 26.0 Å². The molecular weight excluding hydrogens is 452 g/mol. The topological polar surface area (TPSA) is 170 Å². The van der Waals surface area contributed by atoms with E-state index in [1.54, 1.807) is 11.6 Å². The lowest BCUT2D eigenvalue weighted by Crippen LogP contribution is -2.36. The van der Waals surface area contributed by atoms with Gasteiger partial charge in [0.25, 0.3) is 10.0 Å². The molecule has 2 aromatic heterocycles. The van der Waals surface area contributed by atoms with Crippen LogP contribution in [0.3, 0.4) is 0 Å². The molecule has 0 aromatic carbocycles. The Hall–Kier alpha value is -3.20. The Balaban J connectivity index is 2.26. The summed E-state index contributed by atoms with van der Waals surface area (Å²) in [4.78, 5) is 23.8. The van der Waals surface area contributed by atoms with E-state index >= 15 is 0 Å². The van der Waals surface area contributed by atoms with Crippen LogP contribution in [0.5, 0.6) is 11.8 Å². The minimum Gasteiger partial charge on any atom is -0.481 e. The van der Waals surface area contributed by atoms with Gasteiger partial charge in [0.05, 0.1) is 26.0 Å². The Morgan fingerprint density at radius 2 is 1.65 bits per heavy atom. The molecule has 2 N–H and O–H groups in total. The zero-order chi connectivity index (χ0) is 23.2. The first kappa shape index (κ1) is 24.1. The average Bonchev–Trinajstić information content (AvgIpc) is 2.73. The molecule has 13 nitrogen and oxygen atoms in total. The minimum absolute atomic E-state index is 0.0512. The highest BCUT2D eigenvalue weighted by Gasteiger charge is 2.24. The molecule has 2 amide bonds. The number of amides is 2. The van der Waals surface area contributed by atoms with E-state index in [0.717, 1.165) is 10.4 Å². The summed E-state index contributed by atoms with van der Waals surface area (Å²) in [5.41, 5.74) is 0. The lowest BCUT2D eigenvalue weighted by atomic mass is 10.4. The van der Waals surface area contributed by atoms with E-state index in [1.807, 2.05) is 0 Å². The van der Waals surface area contributed by atoms with Crippen molar-refractivity contribution in [2.75, 3.05) is 36.1 Å². The molecule has 170 valence electrons. The quantitative estimate of drug-likeness (QED) is 0.524. The van der Waals surface area contributed by atoms with Crippen molar-refractivity contribution in [3.05, 3.63) is 24.3 Å². The summed E-state index contributed by atoms with van der Waals surface area (Å²) in [6.45, 7) is 3.10. The third kappa shape index (κ3) is 5.91. The Morgan fingerprint density at radius 3 is 2.16 bits per heavy atom. The van der Waals surface area contributed by atoms with Gasteiger partial charge in [0.1, 0.15) is 5.82 Å². The van der Waals surface area contributed by atoms with Gasteiger partial charge in [-0.2, -0.15) is 18.4 Å². The molecule has 0 atom stereocenters. The lowest BCUT2D eigenvalue weighted by molar-refractivity contribution is 0.256. The van der Waals surface area contributed by atoms with Crippen LogP contribution in [-0.2, 0) is 20.0 Å². The van der Waals surface area contributed by atoms with Gasteiger partial charge in [-0.3, -0.25) is 9.62 Å². The molecule has 0 fully saturated rings. The van der Waals surface area contributed by atoms with Gasteiger partial charge in [-0.1, -0.05) is 6.07 Å². The van der Waals surface area contributed by atoms with Crippen molar-refractivity contribution in [1.29, 1.82) is 0 Å². The molecule has 0 aliphatic rings. The molecule has 0 aliphatic carbocycles. The van der Waals surface area contributed by atoms with Crippen molar-refractivity contribution in [1.82, 2.24) is 19.7 Å². The molecule has 31 heavy (non-hydrogen) atoms. The predicted molar refractivity (Wildman–Crippen MR) is 111 cm³/mol. The smallest absolute Gasteiger partial charge is 0.335 e. The van der Waals surface area contributed by atoms with Crippen LogP contribution in [0, 0.1) is 0 Å². The number of ether oxygens (including phenoxy) is 2. The van der Waals surface area contributed by atoms with Crippen LogP contribution >= 0.6 is 0 Å². The van der Waals surface area contributed by atoms with Crippen molar-refractivity contribution in [3.8, 4) is 11.8 Å². The van der Waals surface area contributed by atoms with Crippen molar-refractivity contribution >= 4 is 37.8 Å². The first-order valence-corrected chi connectivity index (χ1v) is 11.9. The van der Waals surface area contributed by atoms with Crippen LogP contribution in [0.25, 0.3) is 0 Å². The number of rotatable bonds is 9. The predicted octanol–water partition coefficient (Wildman–Crippen LogP) is 0.575. The van der Waals surface area contributed by atoms with Crippen LogP contribution in [-0.4, -0.2) is 64.3 Å². The highest BCUT2D eigenvalue weighted by atomic mass is 32.2. The van der Waals surface area contributed by atoms with E-state index in [2.05, 4.69) is 20.3 Å². The van der Waals surface area contributed by atoms with Gasteiger partial charge in [0.2, 0.25) is 27.7 Å². The van der Waals surface area contributed by atoms with Crippen LogP contribution in [0.15, 0.2) is 29.3 Å². The van der Waals surface area contributed by atoms with E-state index < -0.39 is 31.1 Å².